The van der Waals surface area contributed by atoms with Gasteiger partial charge in [-0.1, -0.05) is 13.3 Å². The first-order valence-corrected chi connectivity index (χ1v) is 10.1. The molecule has 1 heterocycles. The molecule has 0 saturated carbocycles. The van der Waals surface area contributed by atoms with Crippen molar-refractivity contribution in [1.82, 2.24) is 4.31 Å². The summed E-state index contributed by atoms with van der Waals surface area (Å²) < 4.78 is 53.2. The van der Waals surface area contributed by atoms with Gasteiger partial charge < -0.3 is 0 Å². The molecular formula is C15H21F2NO2S2. The van der Waals surface area contributed by atoms with E-state index in [-0.39, 0.29) is 11.0 Å². The molecular weight excluding hydrogens is 328 g/mol. The van der Waals surface area contributed by atoms with Crippen LogP contribution in [0.25, 0.3) is 0 Å². The lowest BCUT2D eigenvalue weighted by atomic mass is 10.1. The molecule has 0 aromatic heterocycles. The first-order valence-electron chi connectivity index (χ1n) is 7.48. The highest BCUT2D eigenvalue weighted by atomic mass is 32.2. The maximum absolute atomic E-state index is 13.9. The Morgan fingerprint density at radius 2 is 2.09 bits per heavy atom. The Kier molecular flexibility index (Phi) is 6.23. The predicted molar refractivity (Wildman–Crippen MR) is 86.4 cm³/mol. The van der Waals surface area contributed by atoms with Gasteiger partial charge in [0.2, 0.25) is 10.0 Å². The summed E-state index contributed by atoms with van der Waals surface area (Å²) in [4.78, 5) is 0. The summed E-state index contributed by atoms with van der Waals surface area (Å²) in [6.07, 6.45) is 1.98. The van der Waals surface area contributed by atoms with Crippen molar-refractivity contribution < 1.29 is 17.2 Å². The third kappa shape index (κ3) is 4.43. The number of hydrogen-bond acceptors (Lipinski definition) is 3. The minimum Gasteiger partial charge on any atom is -0.212 e. The van der Waals surface area contributed by atoms with Crippen molar-refractivity contribution >= 4 is 21.8 Å². The molecule has 0 aliphatic carbocycles. The van der Waals surface area contributed by atoms with Gasteiger partial charge in [-0.2, -0.15) is 11.8 Å². The lowest BCUT2D eigenvalue weighted by Gasteiger charge is -2.20. The summed E-state index contributed by atoms with van der Waals surface area (Å²) in [6.45, 7) is 2.75. The molecule has 2 rings (SSSR count). The molecule has 0 radical (unpaired) electrons. The topological polar surface area (TPSA) is 37.4 Å². The van der Waals surface area contributed by atoms with Gasteiger partial charge in [0, 0.05) is 29.7 Å². The first kappa shape index (κ1) is 17.7. The van der Waals surface area contributed by atoms with E-state index in [0.29, 0.717) is 37.2 Å². The fourth-order valence-corrected chi connectivity index (χ4v) is 5.52. The Labute approximate surface area is 135 Å². The summed E-state index contributed by atoms with van der Waals surface area (Å²) in [5.41, 5.74) is 0.331. The highest BCUT2D eigenvalue weighted by Gasteiger charge is 2.27. The quantitative estimate of drug-likeness (QED) is 0.815. The molecule has 1 aromatic carbocycles. The lowest BCUT2D eigenvalue weighted by Crippen LogP contribution is -2.34. The molecule has 1 atom stereocenters. The maximum atomic E-state index is 13.9. The van der Waals surface area contributed by atoms with E-state index in [0.717, 1.165) is 18.6 Å². The fraction of sp³-hybridized carbons (Fsp3) is 0.600. The van der Waals surface area contributed by atoms with Crippen LogP contribution in [0.15, 0.2) is 18.2 Å². The Morgan fingerprint density at radius 1 is 1.32 bits per heavy atom. The van der Waals surface area contributed by atoms with Crippen LogP contribution in [0.4, 0.5) is 8.78 Å². The zero-order valence-electron chi connectivity index (χ0n) is 12.6. The molecule has 124 valence electrons. The van der Waals surface area contributed by atoms with E-state index in [9.17, 15) is 17.2 Å². The first-order chi connectivity index (χ1) is 10.4. The van der Waals surface area contributed by atoms with Gasteiger partial charge in [-0.05, 0) is 31.0 Å². The Balaban J connectivity index is 2.08. The second-order valence-corrected chi connectivity index (χ2v) is 8.78. The summed E-state index contributed by atoms with van der Waals surface area (Å²) in [7, 11) is -3.24. The number of sulfonamides is 1. The zero-order valence-corrected chi connectivity index (χ0v) is 14.2. The average molecular weight is 349 g/mol. The number of thioether (sulfide) groups is 1. The van der Waals surface area contributed by atoms with E-state index in [1.165, 1.54) is 22.1 Å². The molecule has 1 aromatic rings. The molecule has 7 heteroatoms. The summed E-state index contributed by atoms with van der Waals surface area (Å²) in [5.74, 6) is -0.145. The summed E-state index contributed by atoms with van der Waals surface area (Å²) in [6, 6.07) is 3.45. The molecule has 22 heavy (non-hydrogen) atoms. The van der Waals surface area contributed by atoms with Gasteiger partial charge in [-0.25, -0.2) is 21.5 Å². The van der Waals surface area contributed by atoms with Crippen LogP contribution in [0.2, 0.25) is 0 Å². The maximum Gasteiger partial charge on any atom is 0.214 e. The van der Waals surface area contributed by atoms with Crippen molar-refractivity contribution in [1.29, 1.82) is 0 Å². The molecule has 1 fully saturated rings. The van der Waals surface area contributed by atoms with E-state index >= 15 is 0 Å². The van der Waals surface area contributed by atoms with Crippen molar-refractivity contribution in [2.45, 2.75) is 31.4 Å². The van der Waals surface area contributed by atoms with E-state index in [1.807, 2.05) is 6.92 Å². The van der Waals surface area contributed by atoms with E-state index in [2.05, 4.69) is 0 Å². The van der Waals surface area contributed by atoms with Crippen molar-refractivity contribution in [2.75, 3.05) is 24.6 Å². The number of hydrogen-bond donors (Lipinski definition) is 0. The van der Waals surface area contributed by atoms with Crippen LogP contribution in [0.5, 0.6) is 0 Å². The average Bonchev–Trinajstić information content (AvgIpc) is 2.74. The third-order valence-corrected chi connectivity index (χ3v) is 7.02. The van der Waals surface area contributed by atoms with Crippen molar-refractivity contribution in [2.24, 2.45) is 0 Å². The predicted octanol–water partition coefficient (Wildman–Crippen LogP) is 3.57. The Bertz CT molecular complexity index is 608. The van der Waals surface area contributed by atoms with Crippen LogP contribution in [0.3, 0.4) is 0 Å². The van der Waals surface area contributed by atoms with Gasteiger partial charge in [-0.3, -0.25) is 0 Å². The number of unbranched alkanes of at least 4 members (excludes halogenated alkanes) is 1. The number of benzene rings is 1. The second kappa shape index (κ2) is 7.75. The second-order valence-electron chi connectivity index (χ2n) is 5.38. The van der Waals surface area contributed by atoms with Gasteiger partial charge in [0.25, 0.3) is 0 Å². The van der Waals surface area contributed by atoms with Gasteiger partial charge in [0.15, 0.2) is 0 Å². The van der Waals surface area contributed by atoms with E-state index in [1.54, 1.807) is 0 Å². The summed E-state index contributed by atoms with van der Waals surface area (Å²) in [5, 5.41) is -0.206. The van der Waals surface area contributed by atoms with E-state index < -0.39 is 21.7 Å². The number of nitrogens with zero attached hydrogens (tertiary/aromatic N) is 1. The molecule has 1 aliphatic rings. The summed E-state index contributed by atoms with van der Waals surface area (Å²) >= 11 is 1.49. The molecule has 1 saturated heterocycles. The van der Waals surface area contributed by atoms with E-state index in [4.69, 9.17) is 0 Å². The monoisotopic (exact) mass is 349 g/mol. The molecule has 0 spiro atoms. The van der Waals surface area contributed by atoms with Gasteiger partial charge in [0.05, 0.1) is 5.75 Å². The Hall–Kier alpha value is -0.660. The molecule has 1 unspecified atom stereocenters. The van der Waals surface area contributed by atoms with Crippen molar-refractivity contribution in [3.8, 4) is 0 Å². The highest BCUT2D eigenvalue weighted by Crippen LogP contribution is 2.36. The third-order valence-electron chi connectivity index (χ3n) is 3.75. The normalized spacial score (nSPS) is 20.8. The van der Waals surface area contributed by atoms with Gasteiger partial charge in [-0.15, -0.1) is 0 Å². The van der Waals surface area contributed by atoms with Crippen LogP contribution in [-0.2, 0) is 10.0 Å². The number of halogens is 2. The molecule has 0 amide bonds. The van der Waals surface area contributed by atoms with Crippen molar-refractivity contribution in [3.63, 3.8) is 0 Å². The van der Waals surface area contributed by atoms with Crippen LogP contribution in [0, 0.1) is 11.6 Å². The van der Waals surface area contributed by atoms with Crippen LogP contribution >= 0.6 is 11.8 Å². The zero-order chi connectivity index (χ0) is 16.2. The van der Waals surface area contributed by atoms with Gasteiger partial charge >= 0.3 is 0 Å². The lowest BCUT2D eigenvalue weighted by molar-refractivity contribution is 0.425. The van der Waals surface area contributed by atoms with Crippen molar-refractivity contribution in [3.05, 3.63) is 35.4 Å². The smallest absolute Gasteiger partial charge is 0.212 e. The molecule has 1 aliphatic heterocycles. The molecule has 3 nitrogen and oxygen atoms in total. The number of rotatable bonds is 5. The molecule has 0 bridgehead atoms. The minimum absolute atomic E-state index is 0.160. The highest BCUT2D eigenvalue weighted by molar-refractivity contribution is 7.99. The van der Waals surface area contributed by atoms with Gasteiger partial charge in [0.1, 0.15) is 11.6 Å². The van der Waals surface area contributed by atoms with Crippen LogP contribution < -0.4 is 0 Å². The standard InChI is InChI=1S/C15H21F2NO2S2/c1-2-3-10-22(19,20)18-7-6-15(21-9-8-18)13-11-12(16)4-5-14(13)17/h4-5,11,15H,2-3,6-10H2,1H3. The Morgan fingerprint density at radius 3 is 2.82 bits per heavy atom. The SMILES string of the molecule is CCCCS(=O)(=O)N1CCSC(c2cc(F)ccc2F)CC1. The minimum atomic E-state index is -3.24. The van der Waals surface area contributed by atoms with Crippen LogP contribution in [-0.4, -0.2) is 37.3 Å². The largest absolute Gasteiger partial charge is 0.214 e. The van der Waals surface area contributed by atoms with Crippen LogP contribution in [0.1, 0.15) is 37.0 Å². The fourth-order valence-electron chi connectivity index (χ4n) is 2.49. The molecule has 0 N–H and O–H groups in total.